The summed E-state index contributed by atoms with van der Waals surface area (Å²) in [5.74, 6) is -2.03. The molecule has 0 radical (unpaired) electrons. The molecule has 0 heterocycles. The van der Waals surface area contributed by atoms with Crippen LogP contribution in [-0.2, 0) is 19.1 Å². The summed E-state index contributed by atoms with van der Waals surface area (Å²) in [6.45, 7) is 0.811. The summed E-state index contributed by atoms with van der Waals surface area (Å²) in [6.07, 6.45) is 0. The van der Waals surface area contributed by atoms with Crippen LogP contribution in [0.5, 0.6) is 0 Å². The van der Waals surface area contributed by atoms with E-state index in [4.69, 9.17) is 4.74 Å². The molecule has 1 atom stereocenters. The van der Waals surface area contributed by atoms with E-state index in [0.717, 1.165) is 9.37 Å². The number of nitrogens with one attached hydrogen (secondary N) is 2. The molecular weight excluding hydrogens is 394 g/mol. The third-order valence-corrected chi connectivity index (χ3v) is 3.76. The Balaban J connectivity index is 2.46. The molecular formula is C16H20BrN3O5. The Labute approximate surface area is 154 Å². The van der Waals surface area contributed by atoms with Crippen LogP contribution in [0.3, 0.4) is 0 Å². The van der Waals surface area contributed by atoms with Gasteiger partial charge in [-0.05, 0) is 31.2 Å². The number of halogens is 1. The smallest absolute Gasteiger partial charge is 0.328 e. The number of hydrogen-bond acceptors (Lipinski definition) is 5. The number of likely N-dealkylation sites (N-methyl/N-ethyl adjacent to an activating group) is 2. The molecule has 0 spiro atoms. The van der Waals surface area contributed by atoms with Crippen LogP contribution in [0.15, 0.2) is 28.7 Å². The lowest BCUT2D eigenvalue weighted by molar-refractivity contribution is -0.153. The average Bonchev–Trinajstić information content (AvgIpc) is 2.59. The highest BCUT2D eigenvalue weighted by molar-refractivity contribution is 9.10. The van der Waals surface area contributed by atoms with Crippen molar-refractivity contribution >= 4 is 39.6 Å². The Morgan fingerprint density at radius 2 is 1.80 bits per heavy atom. The molecule has 0 fully saturated rings. The second-order valence-electron chi connectivity index (χ2n) is 5.23. The molecule has 0 aliphatic heterocycles. The first-order valence-corrected chi connectivity index (χ1v) is 8.21. The lowest BCUT2D eigenvalue weighted by Crippen LogP contribution is -2.42. The van der Waals surface area contributed by atoms with E-state index >= 15 is 0 Å². The molecule has 8 nitrogen and oxygen atoms in total. The zero-order chi connectivity index (χ0) is 19.0. The van der Waals surface area contributed by atoms with Gasteiger partial charge in [-0.2, -0.15) is 0 Å². The van der Waals surface area contributed by atoms with Crippen LogP contribution in [0.1, 0.15) is 17.3 Å². The van der Waals surface area contributed by atoms with Crippen molar-refractivity contribution in [2.45, 2.75) is 13.0 Å². The van der Waals surface area contributed by atoms with Crippen LogP contribution in [0, 0.1) is 0 Å². The number of ether oxygens (including phenoxy) is 1. The third kappa shape index (κ3) is 6.92. The van der Waals surface area contributed by atoms with E-state index in [-0.39, 0.29) is 12.5 Å². The standard InChI is InChI=1S/C16H20BrN3O5/c1-10(19-15(23)11-4-6-12(17)7-5-11)16(24)25-9-14(22)20(3)8-13(21)18-2/h4-7,10H,8-9H2,1-3H3,(H,18,21)(H,19,23)/t10-/m0/s1. The maximum Gasteiger partial charge on any atom is 0.328 e. The SMILES string of the molecule is CNC(=O)CN(C)C(=O)COC(=O)[C@H](C)NC(=O)c1ccc(Br)cc1. The number of nitrogens with zero attached hydrogens (tertiary/aromatic N) is 1. The fourth-order valence-corrected chi connectivity index (χ4v) is 1.96. The van der Waals surface area contributed by atoms with Gasteiger partial charge in [0.15, 0.2) is 6.61 Å². The molecule has 3 amide bonds. The highest BCUT2D eigenvalue weighted by atomic mass is 79.9. The van der Waals surface area contributed by atoms with Gasteiger partial charge in [-0.15, -0.1) is 0 Å². The third-order valence-electron chi connectivity index (χ3n) is 3.23. The molecule has 0 aliphatic rings. The second-order valence-corrected chi connectivity index (χ2v) is 6.15. The van der Waals surface area contributed by atoms with Crippen molar-refractivity contribution in [1.82, 2.24) is 15.5 Å². The quantitative estimate of drug-likeness (QED) is 0.626. The molecule has 2 N–H and O–H groups in total. The van der Waals surface area contributed by atoms with Crippen molar-refractivity contribution in [3.63, 3.8) is 0 Å². The van der Waals surface area contributed by atoms with E-state index in [1.807, 2.05) is 0 Å². The van der Waals surface area contributed by atoms with E-state index in [1.165, 1.54) is 21.0 Å². The first-order valence-electron chi connectivity index (χ1n) is 7.42. The van der Waals surface area contributed by atoms with Crippen molar-refractivity contribution in [3.8, 4) is 0 Å². The maximum atomic E-state index is 12.0. The highest BCUT2D eigenvalue weighted by Crippen LogP contribution is 2.10. The van der Waals surface area contributed by atoms with Crippen molar-refractivity contribution < 1.29 is 23.9 Å². The van der Waals surface area contributed by atoms with Crippen LogP contribution in [0.2, 0.25) is 0 Å². The van der Waals surface area contributed by atoms with Gasteiger partial charge < -0.3 is 20.3 Å². The summed E-state index contributed by atoms with van der Waals surface area (Å²) in [4.78, 5) is 48.0. The molecule has 1 aromatic rings. The van der Waals surface area contributed by atoms with Gasteiger partial charge >= 0.3 is 5.97 Å². The number of esters is 1. The molecule has 0 saturated heterocycles. The van der Waals surface area contributed by atoms with E-state index in [0.29, 0.717) is 5.56 Å². The first kappa shape index (κ1) is 20.6. The first-order chi connectivity index (χ1) is 11.7. The highest BCUT2D eigenvalue weighted by Gasteiger charge is 2.20. The summed E-state index contributed by atoms with van der Waals surface area (Å²) < 4.78 is 5.70. The predicted molar refractivity (Wildman–Crippen MR) is 93.7 cm³/mol. The maximum absolute atomic E-state index is 12.0. The summed E-state index contributed by atoms with van der Waals surface area (Å²) >= 11 is 3.27. The number of hydrogen-bond donors (Lipinski definition) is 2. The van der Waals surface area contributed by atoms with Crippen molar-refractivity contribution in [1.29, 1.82) is 0 Å². The Morgan fingerprint density at radius 3 is 2.36 bits per heavy atom. The van der Waals surface area contributed by atoms with Crippen LogP contribution in [0.25, 0.3) is 0 Å². The molecule has 0 bridgehead atoms. The minimum absolute atomic E-state index is 0.136. The van der Waals surface area contributed by atoms with Crippen molar-refractivity contribution in [2.75, 3.05) is 27.2 Å². The van der Waals surface area contributed by atoms with Gasteiger partial charge in [0.05, 0.1) is 6.54 Å². The minimum atomic E-state index is -0.923. The Morgan fingerprint density at radius 1 is 1.20 bits per heavy atom. The number of benzene rings is 1. The van der Waals surface area contributed by atoms with Gasteiger partial charge in [0.1, 0.15) is 6.04 Å². The molecule has 9 heteroatoms. The summed E-state index contributed by atoms with van der Waals surface area (Å²) in [5, 5.41) is 4.88. The van der Waals surface area contributed by atoms with Gasteiger partial charge in [0.2, 0.25) is 5.91 Å². The number of carbonyl (C=O) groups excluding carboxylic acids is 4. The normalized spacial score (nSPS) is 11.2. The zero-order valence-corrected chi connectivity index (χ0v) is 15.8. The largest absolute Gasteiger partial charge is 0.454 e. The summed E-state index contributed by atoms with van der Waals surface area (Å²) in [5.41, 5.74) is 0.393. The molecule has 1 aromatic carbocycles. The van der Waals surface area contributed by atoms with E-state index in [1.54, 1.807) is 24.3 Å². The number of amides is 3. The Hall–Kier alpha value is -2.42. The molecule has 1 rings (SSSR count). The summed E-state index contributed by atoms with van der Waals surface area (Å²) in [7, 11) is 2.88. The topological polar surface area (TPSA) is 105 Å². The van der Waals surface area contributed by atoms with Gasteiger partial charge in [-0.25, -0.2) is 4.79 Å². The van der Waals surface area contributed by atoms with E-state index in [2.05, 4.69) is 26.6 Å². The van der Waals surface area contributed by atoms with E-state index in [9.17, 15) is 19.2 Å². The summed E-state index contributed by atoms with van der Waals surface area (Å²) in [6, 6.07) is 5.70. The molecule has 0 aromatic heterocycles. The monoisotopic (exact) mass is 413 g/mol. The van der Waals surface area contributed by atoms with Crippen LogP contribution >= 0.6 is 15.9 Å². The fourth-order valence-electron chi connectivity index (χ4n) is 1.69. The average molecular weight is 414 g/mol. The molecule has 0 aliphatic carbocycles. The molecule has 136 valence electrons. The number of rotatable bonds is 7. The lowest BCUT2D eigenvalue weighted by Gasteiger charge is -2.17. The Kier molecular flexibility index (Phi) is 8.06. The van der Waals surface area contributed by atoms with Crippen LogP contribution < -0.4 is 10.6 Å². The van der Waals surface area contributed by atoms with Gasteiger partial charge in [-0.3, -0.25) is 14.4 Å². The molecule has 25 heavy (non-hydrogen) atoms. The second kappa shape index (κ2) is 9.77. The predicted octanol–water partition coefficient (Wildman–Crippen LogP) is 0.315. The number of carbonyl (C=O) groups is 4. The van der Waals surface area contributed by atoms with Crippen molar-refractivity contribution in [3.05, 3.63) is 34.3 Å². The van der Waals surface area contributed by atoms with E-state index < -0.39 is 30.4 Å². The van der Waals surface area contributed by atoms with Gasteiger partial charge in [0, 0.05) is 24.1 Å². The fraction of sp³-hybridized carbons (Fsp3) is 0.375. The van der Waals surface area contributed by atoms with Crippen molar-refractivity contribution in [2.24, 2.45) is 0 Å². The Bertz CT molecular complexity index is 648. The molecule has 0 saturated carbocycles. The van der Waals surface area contributed by atoms with Gasteiger partial charge in [-0.1, -0.05) is 15.9 Å². The zero-order valence-electron chi connectivity index (χ0n) is 14.2. The van der Waals surface area contributed by atoms with Crippen LogP contribution in [0.4, 0.5) is 0 Å². The van der Waals surface area contributed by atoms with Gasteiger partial charge in [0.25, 0.3) is 11.8 Å². The van der Waals surface area contributed by atoms with Crippen LogP contribution in [-0.4, -0.2) is 61.9 Å². The molecule has 0 unspecified atom stereocenters. The lowest BCUT2D eigenvalue weighted by atomic mass is 10.2. The minimum Gasteiger partial charge on any atom is -0.454 e.